The van der Waals surface area contributed by atoms with Crippen LogP contribution in [0.15, 0.2) is 24.4 Å². The summed E-state index contributed by atoms with van der Waals surface area (Å²) in [5.74, 6) is 1.00. The first kappa shape index (κ1) is 25.6. The lowest BCUT2D eigenvalue weighted by atomic mass is 9.84. The number of aromatic nitrogens is 2. The Morgan fingerprint density at radius 1 is 1.31 bits per heavy atom. The van der Waals surface area contributed by atoms with Crippen molar-refractivity contribution in [2.75, 3.05) is 35.2 Å². The second kappa shape index (κ2) is 11.5. The first-order valence-corrected chi connectivity index (χ1v) is 13.4. The molecule has 2 aromatic rings. The molecule has 1 saturated carbocycles. The lowest BCUT2D eigenvalue weighted by Gasteiger charge is -2.32. The van der Waals surface area contributed by atoms with Gasteiger partial charge in [0, 0.05) is 37.4 Å². The van der Waals surface area contributed by atoms with Crippen LogP contribution in [0, 0.1) is 5.92 Å². The first-order valence-electron chi connectivity index (χ1n) is 11.9. The van der Waals surface area contributed by atoms with Crippen molar-refractivity contribution in [3.05, 3.63) is 35.0 Å². The Labute approximate surface area is 213 Å². The molecule has 190 valence electrons. The van der Waals surface area contributed by atoms with Crippen LogP contribution in [0.5, 0.6) is 0 Å². The third-order valence-corrected chi connectivity index (χ3v) is 7.20. The summed E-state index contributed by atoms with van der Waals surface area (Å²) in [5, 5.41) is 10.0. The van der Waals surface area contributed by atoms with Crippen LogP contribution in [-0.4, -0.2) is 56.4 Å². The Bertz CT molecular complexity index is 1090. The van der Waals surface area contributed by atoms with Crippen LogP contribution in [-0.2, 0) is 11.3 Å². The van der Waals surface area contributed by atoms with Gasteiger partial charge in [-0.25, -0.2) is 13.9 Å². The number of anilines is 4. The fourth-order valence-electron chi connectivity index (χ4n) is 4.73. The van der Waals surface area contributed by atoms with Crippen LogP contribution >= 0.6 is 11.6 Å². The summed E-state index contributed by atoms with van der Waals surface area (Å²) in [6, 6.07) is 5.91. The lowest BCUT2D eigenvalue weighted by Crippen LogP contribution is -2.39. The maximum Gasteiger partial charge on any atom is 0.253 e. The number of hydrogen-bond acceptors (Lipinski definition) is 7. The van der Waals surface area contributed by atoms with Gasteiger partial charge in [-0.2, -0.15) is 4.98 Å². The van der Waals surface area contributed by atoms with E-state index in [1.54, 1.807) is 6.20 Å². The van der Waals surface area contributed by atoms with Crippen molar-refractivity contribution in [2.45, 2.75) is 51.6 Å². The van der Waals surface area contributed by atoms with Gasteiger partial charge in [0.05, 0.1) is 17.4 Å². The molecule has 1 amide bonds. The molecule has 0 bridgehead atoms. The molecule has 10 nitrogen and oxygen atoms in total. The maximum atomic E-state index is 12.5. The monoisotopic (exact) mass is 521 g/mol. The van der Waals surface area contributed by atoms with Crippen molar-refractivity contribution >= 4 is 51.9 Å². The average Bonchev–Trinajstić information content (AvgIpc) is 2.99. The predicted molar refractivity (Wildman–Crippen MR) is 140 cm³/mol. The molecule has 2 aliphatic rings. The maximum absolute atomic E-state index is 12.5. The van der Waals surface area contributed by atoms with Crippen molar-refractivity contribution in [1.29, 1.82) is 0 Å². The Morgan fingerprint density at radius 2 is 2.11 bits per heavy atom. The lowest BCUT2D eigenvalue weighted by molar-refractivity contribution is 0.0958. The van der Waals surface area contributed by atoms with Gasteiger partial charge >= 0.3 is 0 Å². The molecule has 3 atom stereocenters. The van der Waals surface area contributed by atoms with E-state index in [4.69, 9.17) is 16.2 Å². The number of nitrogens with one attached hydrogen (secondary N) is 4. The van der Waals surface area contributed by atoms with Gasteiger partial charge in [0.1, 0.15) is 5.02 Å². The molecule has 1 aliphatic heterocycles. The van der Waals surface area contributed by atoms with Gasteiger partial charge < -0.3 is 20.9 Å². The van der Waals surface area contributed by atoms with E-state index in [0.29, 0.717) is 35.4 Å². The Kier molecular flexibility index (Phi) is 8.42. The molecule has 1 fully saturated rings. The highest BCUT2D eigenvalue weighted by molar-refractivity contribution is 7.77. The first-order chi connectivity index (χ1) is 16.8. The van der Waals surface area contributed by atoms with Gasteiger partial charge in [-0.05, 0) is 50.8 Å². The number of carbonyl (C=O) groups excluding carboxylic acids is 1. The predicted octanol–water partition coefficient (Wildman–Crippen LogP) is 3.53. The molecule has 0 spiro atoms. The number of fused-ring (bicyclic) bond motifs is 1. The Balaban J connectivity index is 1.53. The van der Waals surface area contributed by atoms with Gasteiger partial charge in [-0.15, -0.1) is 0 Å². The number of hydrogen-bond donors (Lipinski definition) is 5. The number of amides is 1. The van der Waals surface area contributed by atoms with Crippen molar-refractivity contribution in [1.82, 2.24) is 20.0 Å². The Hall–Kier alpha value is -2.47. The molecule has 0 saturated heterocycles. The third-order valence-electron chi connectivity index (χ3n) is 6.51. The molecule has 2 heterocycles. The van der Waals surface area contributed by atoms with Gasteiger partial charge in [-0.1, -0.05) is 24.4 Å². The highest BCUT2D eigenvalue weighted by Crippen LogP contribution is 2.31. The summed E-state index contributed by atoms with van der Waals surface area (Å²) in [6.07, 6.45) is 5.57. The molecule has 1 aromatic carbocycles. The van der Waals surface area contributed by atoms with E-state index >= 15 is 0 Å². The van der Waals surface area contributed by atoms with Crippen LogP contribution in [0.25, 0.3) is 0 Å². The van der Waals surface area contributed by atoms with Crippen LogP contribution < -0.4 is 25.6 Å². The minimum Gasteiger partial charge on any atom is -0.367 e. The van der Waals surface area contributed by atoms with E-state index in [-0.39, 0.29) is 23.9 Å². The molecular formula is C23H32ClN7O3S. The van der Waals surface area contributed by atoms with Gasteiger partial charge in [0.15, 0.2) is 5.82 Å². The highest BCUT2D eigenvalue weighted by atomic mass is 35.5. The second-order valence-corrected chi connectivity index (χ2v) is 10.4. The number of carbonyl (C=O) groups is 1. The second-order valence-electron chi connectivity index (χ2n) is 9.18. The summed E-state index contributed by atoms with van der Waals surface area (Å²) in [6.45, 7) is 5.96. The van der Waals surface area contributed by atoms with Crippen molar-refractivity contribution in [2.24, 2.45) is 5.92 Å². The fourth-order valence-corrected chi connectivity index (χ4v) is 5.24. The van der Waals surface area contributed by atoms with Gasteiger partial charge in [0.25, 0.3) is 5.91 Å². The summed E-state index contributed by atoms with van der Waals surface area (Å²) >= 11 is 4.37. The Morgan fingerprint density at radius 3 is 2.89 bits per heavy atom. The normalized spacial score (nSPS) is 21.2. The smallest absolute Gasteiger partial charge is 0.253 e. The fraction of sp³-hybridized carbons (Fsp3) is 0.522. The molecule has 1 aliphatic carbocycles. The number of halogens is 1. The zero-order valence-electron chi connectivity index (χ0n) is 19.9. The zero-order chi connectivity index (χ0) is 24.9. The third kappa shape index (κ3) is 6.40. The minimum atomic E-state index is -2.04. The highest BCUT2D eigenvalue weighted by Gasteiger charge is 2.27. The minimum absolute atomic E-state index is 0.0747. The number of benzene rings is 1. The van der Waals surface area contributed by atoms with Crippen molar-refractivity contribution in [3.63, 3.8) is 0 Å². The largest absolute Gasteiger partial charge is 0.367 e. The van der Waals surface area contributed by atoms with Crippen molar-refractivity contribution < 1.29 is 13.6 Å². The average molecular weight is 522 g/mol. The summed E-state index contributed by atoms with van der Waals surface area (Å²) in [5.41, 5.74) is 2.27. The van der Waals surface area contributed by atoms with Crippen LogP contribution in [0.1, 0.15) is 49.9 Å². The quantitative estimate of drug-likeness (QED) is 0.333. The van der Waals surface area contributed by atoms with Crippen LogP contribution in [0.4, 0.5) is 23.1 Å². The van der Waals surface area contributed by atoms with E-state index in [1.807, 2.05) is 18.2 Å². The van der Waals surface area contributed by atoms with E-state index in [2.05, 4.69) is 49.4 Å². The molecular weight excluding hydrogens is 490 g/mol. The molecule has 0 radical (unpaired) electrons. The topological polar surface area (TPSA) is 132 Å². The van der Waals surface area contributed by atoms with E-state index in [1.165, 1.54) is 0 Å². The molecule has 1 aromatic heterocycles. The number of nitrogens with zero attached hydrogens (tertiary/aromatic N) is 3. The SMILES string of the molecule is CC(C)N1CCNC(=O)c2ccc(Nc3ncc(Cl)c(N[C@@H]4CCCC[C@@H]4CNS(=O)O)n3)cc21. The summed E-state index contributed by atoms with van der Waals surface area (Å²) in [4.78, 5) is 23.6. The van der Waals surface area contributed by atoms with Gasteiger partial charge in [0.2, 0.25) is 17.2 Å². The van der Waals surface area contributed by atoms with Crippen molar-refractivity contribution in [3.8, 4) is 0 Å². The van der Waals surface area contributed by atoms with Crippen LogP contribution in [0.2, 0.25) is 5.02 Å². The molecule has 5 N–H and O–H groups in total. The standard InChI is InChI=1S/C23H32ClN7O3S/c1-14(2)31-10-9-25-22(32)17-8-7-16(11-20(17)31)28-23-26-13-18(24)21(30-23)29-19-6-4-3-5-15(19)12-27-35(33)34/h7-8,11,13-15,19,27H,3-6,9-10,12H2,1-2H3,(H,25,32)(H,33,34)(H2,26,28,29,30)/t15-,19-/m1/s1. The summed E-state index contributed by atoms with van der Waals surface area (Å²) in [7, 11) is 0. The van der Waals surface area contributed by atoms with Crippen LogP contribution in [0.3, 0.4) is 0 Å². The molecule has 1 unspecified atom stereocenters. The van der Waals surface area contributed by atoms with E-state index < -0.39 is 11.3 Å². The zero-order valence-corrected chi connectivity index (χ0v) is 21.5. The molecule has 4 rings (SSSR count). The molecule has 35 heavy (non-hydrogen) atoms. The van der Waals surface area contributed by atoms with Gasteiger partial charge in [-0.3, -0.25) is 9.35 Å². The summed E-state index contributed by atoms with van der Waals surface area (Å²) < 4.78 is 22.8. The molecule has 12 heteroatoms. The number of rotatable bonds is 8. The van der Waals surface area contributed by atoms with E-state index in [0.717, 1.165) is 43.6 Å². The van der Waals surface area contributed by atoms with E-state index in [9.17, 15) is 9.00 Å².